The summed E-state index contributed by atoms with van der Waals surface area (Å²) in [6, 6.07) is 13.4. The smallest absolute Gasteiger partial charge is 0.242 e. The Hall–Kier alpha value is -1.86. The number of benzene rings is 2. The van der Waals surface area contributed by atoms with Crippen molar-refractivity contribution in [3.05, 3.63) is 69.9 Å². The Kier molecular flexibility index (Phi) is 8.99. The molecule has 4 nitrogen and oxygen atoms in total. The fourth-order valence-electron chi connectivity index (χ4n) is 2.61. The number of likely N-dealkylation sites (N-methyl/N-ethyl adjacent to an activating group) is 1. The largest absolute Gasteiger partial charge is 0.355 e. The van der Waals surface area contributed by atoms with Crippen LogP contribution in [0.15, 0.2) is 53.0 Å². The Morgan fingerprint density at radius 2 is 1.71 bits per heavy atom. The zero-order valence-electron chi connectivity index (χ0n) is 16.0. The van der Waals surface area contributed by atoms with E-state index >= 15 is 0 Å². The van der Waals surface area contributed by atoms with E-state index in [9.17, 15) is 14.0 Å². The molecule has 28 heavy (non-hydrogen) atoms. The lowest BCUT2D eigenvalue weighted by atomic mass is 10.1. The Labute approximate surface area is 178 Å². The molecule has 1 N–H and O–H groups in total. The van der Waals surface area contributed by atoms with Crippen molar-refractivity contribution in [3.8, 4) is 0 Å². The third-order valence-electron chi connectivity index (χ3n) is 4.19. The second-order valence-electron chi connectivity index (χ2n) is 6.34. The molecule has 0 radical (unpaired) electrons. The lowest BCUT2D eigenvalue weighted by molar-refractivity contribution is -0.138. The van der Waals surface area contributed by atoms with Crippen molar-refractivity contribution in [1.82, 2.24) is 10.2 Å². The molecule has 7 heteroatoms. The van der Waals surface area contributed by atoms with Crippen LogP contribution in [0.25, 0.3) is 0 Å². The van der Waals surface area contributed by atoms with Gasteiger partial charge in [-0.05, 0) is 49.2 Å². The summed E-state index contributed by atoms with van der Waals surface area (Å²) in [4.78, 5) is 26.8. The zero-order chi connectivity index (χ0) is 20.5. The highest BCUT2D eigenvalue weighted by Crippen LogP contribution is 2.17. The van der Waals surface area contributed by atoms with Gasteiger partial charge in [0.25, 0.3) is 0 Å². The lowest BCUT2D eigenvalue weighted by Gasteiger charge is -2.28. The van der Waals surface area contributed by atoms with E-state index in [-0.39, 0.29) is 23.4 Å². The van der Waals surface area contributed by atoms with Gasteiger partial charge in [-0.1, -0.05) is 40.2 Å². The summed E-state index contributed by atoms with van der Waals surface area (Å²) in [7, 11) is 0. The van der Waals surface area contributed by atoms with E-state index in [0.29, 0.717) is 18.8 Å². The highest BCUT2D eigenvalue weighted by Gasteiger charge is 2.25. The number of nitrogens with one attached hydrogen (secondary N) is 1. The first-order chi connectivity index (χ1) is 13.4. The van der Waals surface area contributed by atoms with E-state index in [2.05, 4.69) is 21.2 Å². The SMILES string of the molecule is CCNC(=O)[C@H](C)N(Cc1ccc(Br)cc1)C(=O)CSCc1ccc(F)cc1. The number of halogens is 2. The molecule has 0 bridgehead atoms. The van der Waals surface area contributed by atoms with Crippen molar-refractivity contribution in [3.63, 3.8) is 0 Å². The van der Waals surface area contributed by atoms with Crippen LogP contribution < -0.4 is 5.32 Å². The standard InChI is InChI=1S/C21H24BrFN2O2S/c1-3-24-21(27)15(2)25(12-16-4-8-18(22)9-5-16)20(26)14-28-13-17-6-10-19(23)11-7-17/h4-11,15H,3,12-14H2,1-2H3,(H,24,27)/t15-/m0/s1. The molecule has 2 aromatic carbocycles. The van der Waals surface area contributed by atoms with E-state index in [1.54, 1.807) is 24.0 Å². The van der Waals surface area contributed by atoms with Crippen LogP contribution in [0, 0.1) is 5.82 Å². The van der Waals surface area contributed by atoms with Gasteiger partial charge < -0.3 is 10.2 Å². The van der Waals surface area contributed by atoms with Gasteiger partial charge in [0, 0.05) is 23.3 Å². The minimum absolute atomic E-state index is 0.103. The van der Waals surface area contributed by atoms with Crippen LogP contribution in [0.1, 0.15) is 25.0 Å². The van der Waals surface area contributed by atoms with Crippen LogP contribution in [-0.2, 0) is 21.9 Å². The highest BCUT2D eigenvalue weighted by atomic mass is 79.9. The molecular formula is C21H24BrFN2O2S. The molecule has 0 heterocycles. The molecule has 0 aromatic heterocycles. The zero-order valence-corrected chi connectivity index (χ0v) is 18.4. The highest BCUT2D eigenvalue weighted by molar-refractivity contribution is 9.10. The van der Waals surface area contributed by atoms with Crippen LogP contribution in [0.3, 0.4) is 0 Å². The molecule has 0 spiro atoms. The molecule has 0 saturated carbocycles. The quantitative estimate of drug-likeness (QED) is 0.596. The van der Waals surface area contributed by atoms with Gasteiger partial charge in [-0.3, -0.25) is 9.59 Å². The molecule has 0 aliphatic rings. The van der Waals surface area contributed by atoms with E-state index in [1.807, 2.05) is 31.2 Å². The van der Waals surface area contributed by atoms with Gasteiger partial charge in [-0.2, -0.15) is 0 Å². The minimum Gasteiger partial charge on any atom is -0.355 e. The average molecular weight is 467 g/mol. The minimum atomic E-state index is -0.567. The number of thioether (sulfide) groups is 1. The second kappa shape index (κ2) is 11.2. The predicted octanol–water partition coefficient (Wildman–Crippen LogP) is 4.37. The Balaban J connectivity index is 2.03. The van der Waals surface area contributed by atoms with Crippen molar-refractivity contribution < 1.29 is 14.0 Å². The number of carbonyl (C=O) groups is 2. The van der Waals surface area contributed by atoms with E-state index in [0.717, 1.165) is 15.6 Å². The Morgan fingerprint density at radius 3 is 2.32 bits per heavy atom. The summed E-state index contributed by atoms with van der Waals surface area (Å²) in [5, 5.41) is 2.78. The third kappa shape index (κ3) is 6.95. The number of hydrogen-bond donors (Lipinski definition) is 1. The monoisotopic (exact) mass is 466 g/mol. The first kappa shape index (κ1) is 22.4. The molecule has 2 aromatic rings. The molecule has 0 aliphatic carbocycles. The van der Waals surface area contributed by atoms with Gasteiger partial charge in [-0.15, -0.1) is 11.8 Å². The van der Waals surface area contributed by atoms with Gasteiger partial charge >= 0.3 is 0 Å². The first-order valence-electron chi connectivity index (χ1n) is 9.04. The summed E-state index contributed by atoms with van der Waals surface area (Å²) in [6.07, 6.45) is 0. The summed E-state index contributed by atoms with van der Waals surface area (Å²) >= 11 is 4.85. The van der Waals surface area contributed by atoms with Gasteiger partial charge in [0.15, 0.2) is 0 Å². The van der Waals surface area contributed by atoms with Gasteiger partial charge in [0.05, 0.1) is 5.75 Å². The molecule has 2 amide bonds. The van der Waals surface area contributed by atoms with Crippen molar-refractivity contribution in [2.45, 2.75) is 32.2 Å². The van der Waals surface area contributed by atoms with E-state index in [4.69, 9.17) is 0 Å². The van der Waals surface area contributed by atoms with Crippen molar-refractivity contribution >= 4 is 39.5 Å². The van der Waals surface area contributed by atoms with Gasteiger partial charge in [0.1, 0.15) is 11.9 Å². The van der Waals surface area contributed by atoms with Gasteiger partial charge in [-0.25, -0.2) is 4.39 Å². The maximum Gasteiger partial charge on any atom is 0.242 e. The molecule has 1 atom stereocenters. The fourth-order valence-corrected chi connectivity index (χ4v) is 3.75. The lowest BCUT2D eigenvalue weighted by Crippen LogP contribution is -2.48. The summed E-state index contributed by atoms with van der Waals surface area (Å²) < 4.78 is 14.0. The summed E-state index contributed by atoms with van der Waals surface area (Å²) in [5.41, 5.74) is 1.91. The van der Waals surface area contributed by atoms with Crippen LogP contribution in [0.4, 0.5) is 4.39 Å². The van der Waals surface area contributed by atoms with E-state index in [1.165, 1.54) is 23.9 Å². The van der Waals surface area contributed by atoms with Crippen LogP contribution in [0.5, 0.6) is 0 Å². The summed E-state index contributed by atoms with van der Waals surface area (Å²) in [6.45, 7) is 4.47. The van der Waals surface area contributed by atoms with Crippen molar-refractivity contribution in [1.29, 1.82) is 0 Å². The molecule has 2 rings (SSSR count). The third-order valence-corrected chi connectivity index (χ3v) is 5.71. The fraction of sp³-hybridized carbons (Fsp3) is 0.333. The first-order valence-corrected chi connectivity index (χ1v) is 11.0. The topological polar surface area (TPSA) is 49.4 Å². The Bertz CT molecular complexity index is 784. The molecule has 150 valence electrons. The number of nitrogens with zero attached hydrogens (tertiary/aromatic N) is 1. The van der Waals surface area contributed by atoms with Crippen molar-refractivity contribution in [2.24, 2.45) is 0 Å². The number of carbonyl (C=O) groups excluding carboxylic acids is 2. The molecule has 0 unspecified atom stereocenters. The maximum absolute atomic E-state index is 13.0. The molecule has 0 aliphatic heterocycles. The van der Waals surface area contributed by atoms with E-state index < -0.39 is 6.04 Å². The molecular weight excluding hydrogens is 443 g/mol. The average Bonchev–Trinajstić information content (AvgIpc) is 2.68. The van der Waals surface area contributed by atoms with Crippen LogP contribution >= 0.6 is 27.7 Å². The van der Waals surface area contributed by atoms with Crippen molar-refractivity contribution in [2.75, 3.05) is 12.3 Å². The normalized spacial score (nSPS) is 11.7. The van der Waals surface area contributed by atoms with Crippen LogP contribution in [0.2, 0.25) is 0 Å². The predicted molar refractivity (Wildman–Crippen MR) is 115 cm³/mol. The molecule has 0 fully saturated rings. The maximum atomic E-state index is 13.0. The summed E-state index contributed by atoms with van der Waals surface area (Å²) in [5.74, 6) is 0.303. The number of rotatable bonds is 9. The van der Waals surface area contributed by atoms with Gasteiger partial charge in [0.2, 0.25) is 11.8 Å². The number of hydrogen-bond acceptors (Lipinski definition) is 3. The molecule has 0 saturated heterocycles. The Morgan fingerprint density at radius 1 is 1.11 bits per heavy atom. The second-order valence-corrected chi connectivity index (χ2v) is 8.24. The number of amides is 2. The van der Waals surface area contributed by atoms with Crippen LogP contribution in [-0.4, -0.2) is 35.1 Å².